The minimum Gasteiger partial charge on any atom is -0.351 e. The highest BCUT2D eigenvalue weighted by Gasteiger charge is 2.42. The largest absolute Gasteiger partial charge is 0.351 e. The maximum absolute atomic E-state index is 5.85. The lowest BCUT2D eigenvalue weighted by atomic mass is 9.96. The van der Waals surface area contributed by atoms with Crippen molar-refractivity contribution in [3.8, 4) is 5.69 Å². The van der Waals surface area contributed by atoms with Gasteiger partial charge in [-0.25, -0.2) is 0 Å². The van der Waals surface area contributed by atoms with Crippen molar-refractivity contribution in [1.29, 1.82) is 0 Å². The zero-order chi connectivity index (χ0) is 22.2. The van der Waals surface area contributed by atoms with Gasteiger partial charge in [-0.1, -0.05) is 36.4 Å². The van der Waals surface area contributed by atoms with Crippen molar-refractivity contribution in [2.75, 3.05) is 4.90 Å². The molecule has 5 heteroatoms. The number of aromatic nitrogens is 2. The maximum Gasteiger partial charge on any atom is 0.174 e. The Labute approximate surface area is 194 Å². The second-order valence-corrected chi connectivity index (χ2v) is 8.72. The van der Waals surface area contributed by atoms with Crippen LogP contribution in [-0.2, 0) is 0 Å². The molecule has 0 radical (unpaired) electrons. The molecule has 1 saturated heterocycles. The predicted molar refractivity (Wildman–Crippen MR) is 134 cm³/mol. The van der Waals surface area contributed by atoms with E-state index in [2.05, 4.69) is 101 Å². The second-order valence-electron chi connectivity index (χ2n) is 8.33. The molecule has 2 aromatic carbocycles. The molecule has 4 nitrogen and oxygen atoms in total. The van der Waals surface area contributed by atoms with Gasteiger partial charge in [0.15, 0.2) is 5.11 Å². The number of benzene rings is 2. The SMILES string of the molecule is Cc1cccc(-n2c(C)cc([C@@H]3[C@@H](c4ccccn4)NC(=S)N3c3ccccc3)c2C)c1. The molecular formula is C27H26N4S. The number of anilines is 1. The normalized spacial score (nSPS) is 18.1. The minimum atomic E-state index is -0.0460. The molecule has 5 rings (SSSR count). The zero-order valence-electron chi connectivity index (χ0n) is 18.5. The Balaban J connectivity index is 1.68. The summed E-state index contributed by atoms with van der Waals surface area (Å²) in [5.41, 5.74) is 8.15. The van der Waals surface area contributed by atoms with E-state index in [1.807, 2.05) is 24.4 Å². The molecule has 32 heavy (non-hydrogen) atoms. The standard InChI is InChI=1S/C27H26N4S/c1-18-10-9-13-22(16-18)30-19(2)17-23(20(30)3)26-25(24-14-7-8-15-28-24)29-27(32)31(26)21-11-5-4-6-12-21/h4-17,25-26H,1-3H3,(H,29,32)/t25-,26-/m1/s1. The minimum absolute atomic E-state index is 0.00967. The van der Waals surface area contributed by atoms with Crippen LogP contribution in [0.1, 0.15) is 40.3 Å². The van der Waals surface area contributed by atoms with Crippen molar-refractivity contribution in [2.45, 2.75) is 32.9 Å². The highest BCUT2D eigenvalue weighted by atomic mass is 32.1. The molecule has 4 aromatic rings. The first-order valence-electron chi connectivity index (χ1n) is 10.9. The van der Waals surface area contributed by atoms with Gasteiger partial charge in [0.1, 0.15) is 0 Å². The first-order valence-corrected chi connectivity index (χ1v) is 11.3. The van der Waals surface area contributed by atoms with Gasteiger partial charge in [-0.3, -0.25) is 4.98 Å². The number of rotatable bonds is 4. The van der Waals surface area contributed by atoms with E-state index in [1.54, 1.807) is 0 Å². The molecule has 0 saturated carbocycles. The van der Waals surface area contributed by atoms with Crippen LogP contribution in [0, 0.1) is 20.8 Å². The molecule has 0 bridgehead atoms. The summed E-state index contributed by atoms with van der Waals surface area (Å²) in [6.07, 6.45) is 1.85. The molecule has 0 unspecified atom stereocenters. The summed E-state index contributed by atoms with van der Waals surface area (Å²) < 4.78 is 2.34. The first kappa shape index (κ1) is 20.5. The van der Waals surface area contributed by atoms with Crippen LogP contribution in [0.5, 0.6) is 0 Å². The fourth-order valence-corrected chi connectivity index (χ4v) is 5.13. The van der Waals surface area contributed by atoms with E-state index in [4.69, 9.17) is 12.2 Å². The number of nitrogens with zero attached hydrogens (tertiary/aromatic N) is 3. The van der Waals surface area contributed by atoms with Crippen LogP contribution in [0.3, 0.4) is 0 Å². The Morgan fingerprint density at radius 2 is 1.59 bits per heavy atom. The van der Waals surface area contributed by atoms with Crippen LogP contribution < -0.4 is 10.2 Å². The second kappa shape index (κ2) is 8.24. The molecule has 1 fully saturated rings. The van der Waals surface area contributed by atoms with Gasteiger partial charge in [0.05, 0.1) is 17.8 Å². The number of hydrogen-bond acceptors (Lipinski definition) is 2. The van der Waals surface area contributed by atoms with Crippen LogP contribution in [0.25, 0.3) is 5.69 Å². The topological polar surface area (TPSA) is 33.1 Å². The van der Waals surface area contributed by atoms with Crippen molar-refractivity contribution in [1.82, 2.24) is 14.9 Å². The van der Waals surface area contributed by atoms with Gasteiger partial charge in [0, 0.05) is 29.0 Å². The zero-order valence-corrected chi connectivity index (χ0v) is 19.3. The average Bonchev–Trinajstić information content (AvgIpc) is 3.30. The summed E-state index contributed by atoms with van der Waals surface area (Å²) in [4.78, 5) is 6.91. The number of para-hydroxylation sites is 1. The van der Waals surface area contributed by atoms with Crippen LogP contribution in [0.4, 0.5) is 5.69 Å². The lowest BCUT2D eigenvalue weighted by Crippen LogP contribution is -2.29. The van der Waals surface area contributed by atoms with Gasteiger partial charge >= 0.3 is 0 Å². The van der Waals surface area contributed by atoms with Gasteiger partial charge in [-0.2, -0.15) is 0 Å². The Kier molecular flexibility index (Phi) is 5.27. The molecular weight excluding hydrogens is 412 g/mol. The van der Waals surface area contributed by atoms with E-state index >= 15 is 0 Å². The monoisotopic (exact) mass is 438 g/mol. The van der Waals surface area contributed by atoms with Gasteiger partial charge in [0.2, 0.25) is 0 Å². The number of nitrogens with one attached hydrogen (secondary N) is 1. The van der Waals surface area contributed by atoms with Crippen LogP contribution in [0.2, 0.25) is 0 Å². The molecule has 0 aliphatic carbocycles. The van der Waals surface area contributed by atoms with Crippen LogP contribution in [-0.4, -0.2) is 14.7 Å². The molecule has 1 aliphatic heterocycles. The Morgan fingerprint density at radius 1 is 0.844 bits per heavy atom. The molecule has 2 aromatic heterocycles. The highest BCUT2D eigenvalue weighted by molar-refractivity contribution is 7.80. The number of aryl methyl sites for hydroxylation is 2. The van der Waals surface area contributed by atoms with Crippen molar-refractivity contribution >= 4 is 23.0 Å². The van der Waals surface area contributed by atoms with Gasteiger partial charge in [-0.05, 0) is 86.6 Å². The summed E-state index contributed by atoms with van der Waals surface area (Å²) in [6, 6.07) is 27.3. The third-order valence-electron chi connectivity index (χ3n) is 6.18. The molecule has 3 heterocycles. The molecule has 0 amide bonds. The Morgan fingerprint density at radius 3 is 2.31 bits per heavy atom. The fourth-order valence-electron chi connectivity index (χ4n) is 4.79. The lowest BCUT2D eigenvalue weighted by Gasteiger charge is -2.28. The maximum atomic E-state index is 5.85. The third-order valence-corrected chi connectivity index (χ3v) is 6.50. The molecule has 2 atom stereocenters. The van der Waals surface area contributed by atoms with Crippen molar-refractivity contribution < 1.29 is 0 Å². The Hall–Kier alpha value is -3.44. The van der Waals surface area contributed by atoms with Gasteiger partial charge in [0.25, 0.3) is 0 Å². The quantitative estimate of drug-likeness (QED) is 0.398. The fraction of sp³-hybridized carbons (Fsp3) is 0.185. The summed E-state index contributed by atoms with van der Waals surface area (Å²) in [5.74, 6) is 0. The molecule has 1 N–H and O–H groups in total. The summed E-state index contributed by atoms with van der Waals surface area (Å²) in [6.45, 7) is 6.50. The average molecular weight is 439 g/mol. The van der Waals surface area contributed by atoms with Crippen molar-refractivity contribution in [3.63, 3.8) is 0 Å². The summed E-state index contributed by atoms with van der Waals surface area (Å²) >= 11 is 5.85. The van der Waals surface area contributed by atoms with Crippen molar-refractivity contribution in [2.24, 2.45) is 0 Å². The van der Waals surface area contributed by atoms with E-state index < -0.39 is 0 Å². The van der Waals surface area contributed by atoms with E-state index in [0.29, 0.717) is 0 Å². The highest BCUT2D eigenvalue weighted by Crippen LogP contribution is 2.43. The predicted octanol–water partition coefficient (Wildman–Crippen LogP) is 5.97. The number of pyridine rings is 1. The number of thiocarbonyl (C=S) groups is 1. The summed E-state index contributed by atoms with van der Waals surface area (Å²) in [7, 11) is 0. The number of hydrogen-bond donors (Lipinski definition) is 1. The van der Waals surface area contributed by atoms with E-state index in [0.717, 1.165) is 16.5 Å². The smallest absolute Gasteiger partial charge is 0.174 e. The van der Waals surface area contributed by atoms with Crippen LogP contribution in [0.15, 0.2) is 85.1 Å². The van der Waals surface area contributed by atoms with Gasteiger partial charge < -0.3 is 14.8 Å². The third kappa shape index (κ3) is 3.49. The van der Waals surface area contributed by atoms with E-state index in [1.165, 1.54) is 28.2 Å². The molecule has 160 valence electrons. The van der Waals surface area contributed by atoms with E-state index in [9.17, 15) is 0 Å². The first-order chi connectivity index (χ1) is 15.5. The molecule has 0 spiro atoms. The molecule has 1 aliphatic rings. The van der Waals surface area contributed by atoms with Crippen LogP contribution >= 0.6 is 12.2 Å². The van der Waals surface area contributed by atoms with Crippen molar-refractivity contribution in [3.05, 3.63) is 113 Å². The lowest BCUT2D eigenvalue weighted by molar-refractivity contribution is 0.565. The van der Waals surface area contributed by atoms with E-state index in [-0.39, 0.29) is 12.1 Å². The summed E-state index contributed by atoms with van der Waals surface area (Å²) in [5, 5.41) is 4.28. The Bertz CT molecular complexity index is 1260. The van der Waals surface area contributed by atoms with Gasteiger partial charge in [-0.15, -0.1) is 0 Å².